The van der Waals surface area contributed by atoms with Crippen LogP contribution in [0, 0.1) is 22.5 Å². The van der Waals surface area contributed by atoms with Gasteiger partial charge in [0.25, 0.3) is 5.91 Å². The Labute approximate surface area is 117 Å². The van der Waals surface area contributed by atoms with Crippen LogP contribution in [0.5, 0.6) is 5.75 Å². The fraction of sp³-hybridized carbons (Fsp3) is 0.357. The van der Waals surface area contributed by atoms with Crippen LogP contribution < -0.4 is 10.1 Å². The Morgan fingerprint density at radius 2 is 2.30 bits per heavy atom. The maximum absolute atomic E-state index is 12.0. The van der Waals surface area contributed by atoms with Crippen molar-refractivity contribution in [3.63, 3.8) is 0 Å². The van der Waals surface area contributed by atoms with E-state index < -0.39 is 10.8 Å². The Bertz CT molecular complexity index is 549. The van der Waals surface area contributed by atoms with Gasteiger partial charge in [-0.3, -0.25) is 14.9 Å². The predicted octanol–water partition coefficient (Wildman–Crippen LogP) is 2.14. The molecule has 0 aliphatic carbocycles. The summed E-state index contributed by atoms with van der Waals surface area (Å²) >= 11 is 0. The molecule has 1 aromatic rings. The second kappa shape index (κ2) is 7.14. The normalized spacial score (nSPS) is 11.2. The molecular weight excluding hydrogens is 260 g/mol. The zero-order chi connectivity index (χ0) is 15.1. The van der Waals surface area contributed by atoms with Gasteiger partial charge < -0.3 is 10.1 Å². The van der Waals surface area contributed by atoms with E-state index >= 15 is 0 Å². The predicted molar refractivity (Wildman–Crippen MR) is 74.6 cm³/mol. The zero-order valence-electron chi connectivity index (χ0n) is 11.4. The molecule has 106 valence electrons. The van der Waals surface area contributed by atoms with Crippen molar-refractivity contribution < 1.29 is 14.5 Å². The number of nitro benzene ring substituents is 1. The number of rotatable bonds is 6. The summed E-state index contributed by atoms with van der Waals surface area (Å²) in [6.45, 7) is 1.90. The molecule has 1 atom stereocenters. The van der Waals surface area contributed by atoms with Crippen molar-refractivity contribution in [1.29, 1.82) is 0 Å². The van der Waals surface area contributed by atoms with Crippen LogP contribution >= 0.6 is 0 Å². The Hall–Kier alpha value is -2.55. The Morgan fingerprint density at radius 1 is 1.60 bits per heavy atom. The summed E-state index contributed by atoms with van der Waals surface area (Å²) in [4.78, 5) is 22.3. The van der Waals surface area contributed by atoms with Crippen molar-refractivity contribution in [3.05, 3.63) is 33.9 Å². The highest BCUT2D eigenvalue weighted by Gasteiger charge is 2.19. The third kappa shape index (κ3) is 3.72. The van der Waals surface area contributed by atoms with Crippen LogP contribution in [0.1, 0.15) is 30.1 Å². The highest BCUT2D eigenvalue weighted by Crippen LogP contribution is 2.27. The van der Waals surface area contributed by atoms with Gasteiger partial charge >= 0.3 is 5.69 Å². The number of nitrogens with one attached hydrogen (secondary N) is 1. The standard InChI is InChI=1S/C14H16N2O4/c1-4-6-11(5-2)15-14(17)10-7-8-13(20-3)12(9-10)16(18)19/h1,7-9,11H,5-6H2,2-3H3,(H,15,17). The molecule has 0 saturated carbocycles. The number of amides is 1. The molecule has 20 heavy (non-hydrogen) atoms. The number of nitro groups is 1. The zero-order valence-corrected chi connectivity index (χ0v) is 11.4. The maximum atomic E-state index is 12.0. The number of benzene rings is 1. The van der Waals surface area contributed by atoms with E-state index in [0.717, 1.165) is 0 Å². The first-order valence-corrected chi connectivity index (χ1v) is 6.10. The number of methoxy groups -OCH3 is 1. The van der Waals surface area contributed by atoms with Crippen molar-refractivity contribution in [3.8, 4) is 18.1 Å². The molecule has 0 spiro atoms. The molecule has 0 aromatic heterocycles. The molecule has 0 saturated heterocycles. The van der Waals surface area contributed by atoms with Gasteiger partial charge in [0.05, 0.1) is 12.0 Å². The lowest BCUT2D eigenvalue weighted by molar-refractivity contribution is -0.385. The molecular formula is C14H16N2O4. The van der Waals surface area contributed by atoms with Crippen LogP contribution in [0.15, 0.2) is 18.2 Å². The smallest absolute Gasteiger partial charge is 0.311 e. The molecule has 1 rings (SSSR count). The van der Waals surface area contributed by atoms with Gasteiger partial charge in [-0.25, -0.2) is 0 Å². The van der Waals surface area contributed by atoms with Crippen molar-refractivity contribution in [2.45, 2.75) is 25.8 Å². The Balaban J connectivity index is 2.97. The monoisotopic (exact) mass is 276 g/mol. The van der Waals surface area contributed by atoms with E-state index in [4.69, 9.17) is 11.2 Å². The van der Waals surface area contributed by atoms with Gasteiger partial charge in [-0.15, -0.1) is 12.3 Å². The molecule has 1 amide bonds. The third-order valence-electron chi connectivity index (χ3n) is 2.83. The number of hydrogen-bond acceptors (Lipinski definition) is 4. The van der Waals surface area contributed by atoms with Crippen LogP contribution in [-0.4, -0.2) is 24.0 Å². The summed E-state index contributed by atoms with van der Waals surface area (Å²) < 4.78 is 4.88. The molecule has 0 aliphatic rings. The second-order valence-corrected chi connectivity index (χ2v) is 4.13. The van der Waals surface area contributed by atoms with Crippen LogP contribution in [0.4, 0.5) is 5.69 Å². The molecule has 0 heterocycles. The molecule has 6 nitrogen and oxygen atoms in total. The van der Waals surface area contributed by atoms with E-state index in [9.17, 15) is 14.9 Å². The average molecular weight is 276 g/mol. The molecule has 1 aromatic carbocycles. The van der Waals surface area contributed by atoms with Crippen molar-refractivity contribution in [2.24, 2.45) is 0 Å². The van der Waals surface area contributed by atoms with Crippen LogP contribution in [0.2, 0.25) is 0 Å². The fourth-order valence-electron chi connectivity index (χ4n) is 1.68. The maximum Gasteiger partial charge on any atom is 0.311 e. The molecule has 6 heteroatoms. The van der Waals surface area contributed by atoms with E-state index in [-0.39, 0.29) is 23.0 Å². The lowest BCUT2D eigenvalue weighted by Crippen LogP contribution is -2.34. The van der Waals surface area contributed by atoms with Gasteiger partial charge in [-0.1, -0.05) is 6.92 Å². The number of hydrogen-bond donors (Lipinski definition) is 1. The first-order valence-electron chi connectivity index (χ1n) is 6.10. The van der Waals surface area contributed by atoms with E-state index in [1.807, 2.05) is 6.92 Å². The highest BCUT2D eigenvalue weighted by molar-refractivity contribution is 5.95. The Morgan fingerprint density at radius 3 is 2.80 bits per heavy atom. The molecule has 0 aliphatic heterocycles. The van der Waals surface area contributed by atoms with Gasteiger partial charge in [0.2, 0.25) is 0 Å². The molecule has 1 unspecified atom stereocenters. The Kier molecular flexibility index (Phi) is 5.54. The number of carbonyl (C=O) groups excluding carboxylic acids is 1. The summed E-state index contributed by atoms with van der Waals surface area (Å²) in [7, 11) is 1.34. The van der Waals surface area contributed by atoms with Crippen LogP contribution in [0.25, 0.3) is 0 Å². The third-order valence-corrected chi connectivity index (χ3v) is 2.83. The lowest BCUT2D eigenvalue weighted by Gasteiger charge is -2.14. The van der Waals surface area contributed by atoms with Gasteiger partial charge in [-0.2, -0.15) is 0 Å². The summed E-state index contributed by atoms with van der Waals surface area (Å²) in [6, 6.07) is 3.92. The van der Waals surface area contributed by atoms with Gasteiger partial charge in [0, 0.05) is 24.1 Å². The summed E-state index contributed by atoms with van der Waals surface area (Å²) in [5, 5.41) is 13.6. The summed E-state index contributed by atoms with van der Waals surface area (Å²) in [5.41, 5.74) is -0.0434. The topological polar surface area (TPSA) is 81.5 Å². The van der Waals surface area contributed by atoms with E-state index in [1.54, 1.807) is 0 Å². The molecule has 1 N–H and O–H groups in total. The van der Waals surface area contributed by atoms with Crippen LogP contribution in [0.3, 0.4) is 0 Å². The van der Waals surface area contributed by atoms with E-state index in [2.05, 4.69) is 11.2 Å². The number of nitrogens with zero attached hydrogens (tertiary/aromatic N) is 1. The number of ether oxygens (including phenoxy) is 1. The SMILES string of the molecule is C#CCC(CC)NC(=O)c1ccc(OC)c([N+](=O)[O-])c1. The first-order chi connectivity index (χ1) is 9.53. The molecule has 0 bridgehead atoms. The minimum absolute atomic E-state index is 0.113. The summed E-state index contributed by atoms with van der Waals surface area (Å²) in [5.74, 6) is 2.20. The molecule has 0 radical (unpaired) electrons. The quantitative estimate of drug-likeness (QED) is 0.490. The second-order valence-electron chi connectivity index (χ2n) is 4.13. The van der Waals surface area contributed by atoms with Crippen LogP contribution in [-0.2, 0) is 0 Å². The van der Waals surface area contributed by atoms with Gasteiger partial charge in [0.1, 0.15) is 0 Å². The van der Waals surface area contributed by atoms with Crippen molar-refractivity contribution in [1.82, 2.24) is 5.32 Å². The van der Waals surface area contributed by atoms with Crippen molar-refractivity contribution in [2.75, 3.05) is 7.11 Å². The minimum Gasteiger partial charge on any atom is -0.490 e. The largest absolute Gasteiger partial charge is 0.490 e. The highest BCUT2D eigenvalue weighted by atomic mass is 16.6. The van der Waals surface area contributed by atoms with Gasteiger partial charge in [0.15, 0.2) is 5.75 Å². The van der Waals surface area contributed by atoms with Gasteiger partial charge in [-0.05, 0) is 18.6 Å². The first kappa shape index (κ1) is 15.5. The number of terminal acetylenes is 1. The molecule has 0 fully saturated rings. The van der Waals surface area contributed by atoms with E-state index in [1.165, 1.54) is 25.3 Å². The number of carbonyl (C=O) groups is 1. The lowest BCUT2D eigenvalue weighted by atomic mass is 10.1. The average Bonchev–Trinajstić information content (AvgIpc) is 2.45. The fourth-order valence-corrected chi connectivity index (χ4v) is 1.68. The van der Waals surface area contributed by atoms with Crippen molar-refractivity contribution >= 4 is 11.6 Å². The van der Waals surface area contributed by atoms with E-state index in [0.29, 0.717) is 12.8 Å². The summed E-state index contributed by atoms with van der Waals surface area (Å²) in [6.07, 6.45) is 6.32. The minimum atomic E-state index is -0.589.